The third-order valence-electron chi connectivity index (χ3n) is 2.15. The third-order valence-corrected chi connectivity index (χ3v) is 3.19. The van der Waals surface area contributed by atoms with Gasteiger partial charge in [-0.15, -0.1) is 11.3 Å². The summed E-state index contributed by atoms with van der Waals surface area (Å²) in [6, 6.07) is 3.70. The Morgan fingerprint density at radius 1 is 1.50 bits per heavy atom. The van der Waals surface area contributed by atoms with Gasteiger partial charge in [0, 0.05) is 29.8 Å². The smallest absolute Gasteiger partial charge is 0.336 e. The maximum atomic E-state index is 11.5. The Morgan fingerprint density at radius 3 is 2.90 bits per heavy atom. The maximum absolute atomic E-state index is 11.5. The molecule has 6 nitrogen and oxygen atoms in total. The number of hydrogen-bond donors (Lipinski definition) is 0. The molecule has 0 radical (unpaired) electrons. The van der Waals surface area contributed by atoms with Crippen molar-refractivity contribution in [2.24, 2.45) is 0 Å². The minimum Gasteiger partial charge on any atom is -0.423 e. The zero-order valence-electron chi connectivity index (χ0n) is 9.86. The fourth-order valence-electron chi connectivity index (χ4n) is 1.31. The summed E-state index contributed by atoms with van der Waals surface area (Å²) in [7, 11) is 0. The molecule has 0 unspecified atom stereocenters. The molecule has 0 aliphatic carbocycles. The van der Waals surface area contributed by atoms with Gasteiger partial charge in [0.15, 0.2) is 0 Å². The number of thiazole rings is 1. The number of rotatable bonds is 4. The number of halogens is 1. The van der Waals surface area contributed by atoms with Crippen molar-refractivity contribution in [1.82, 2.24) is 4.98 Å². The van der Waals surface area contributed by atoms with E-state index in [4.69, 9.17) is 16.3 Å². The van der Waals surface area contributed by atoms with Gasteiger partial charge in [-0.2, -0.15) is 0 Å². The topological polar surface area (TPSA) is 82.3 Å². The van der Waals surface area contributed by atoms with E-state index >= 15 is 0 Å². The van der Waals surface area contributed by atoms with Crippen LogP contribution in [-0.2, 0) is 4.79 Å². The third kappa shape index (κ3) is 3.62. The molecule has 20 heavy (non-hydrogen) atoms. The van der Waals surface area contributed by atoms with Crippen molar-refractivity contribution < 1.29 is 14.5 Å². The lowest BCUT2D eigenvalue weighted by Gasteiger charge is -2.01. The normalized spacial score (nSPS) is 10.7. The van der Waals surface area contributed by atoms with Gasteiger partial charge in [0.05, 0.1) is 4.92 Å². The minimum atomic E-state index is -0.620. The predicted octanol–water partition coefficient (Wildman–Crippen LogP) is 3.32. The summed E-state index contributed by atoms with van der Waals surface area (Å²) >= 11 is 7.08. The molecule has 1 aromatic heterocycles. The summed E-state index contributed by atoms with van der Waals surface area (Å²) in [6.07, 6.45) is 4.35. The van der Waals surface area contributed by atoms with Crippen LogP contribution in [-0.4, -0.2) is 15.9 Å². The second-order valence-electron chi connectivity index (χ2n) is 3.50. The quantitative estimate of drug-likeness (QED) is 0.284. The molecule has 0 N–H and O–H groups in total. The second-order valence-corrected chi connectivity index (χ2v) is 4.83. The van der Waals surface area contributed by atoms with E-state index in [-0.39, 0.29) is 16.5 Å². The van der Waals surface area contributed by atoms with Crippen molar-refractivity contribution in [1.29, 1.82) is 0 Å². The van der Waals surface area contributed by atoms with Crippen molar-refractivity contribution in [2.45, 2.75) is 0 Å². The molecule has 0 spiro atoms. The minimum absolute atomic E-state index is 0.0933. The summed E-state index contributed by atoms with van der Waals surface area (Å²) in [5.41, 5.74) is -0.246. The maximum Gasteiger partial charge on any atom is 0.336 e. The summed E-state index contributed by atoms with van der Waals surface area (Å²) in [5, 5.41) is 12.9. The first-order chi connectivity index (χ1) is 9.56. The van der Waals surface area contributed by atoms with E-state index < -0.39 is 10.9 Å². The number of nitro groups is 1. The number of nitro benzene ring substituents is 1. The van der Waals surface area contributed by atoms with E-state index in [1.165, 1.54) is 41.7 Å². The predicted molar refractivity (Wildman–Crippen MR) is 74.9 cm³/mol. The summed E-state index contributed by atoms with van der Waals surface area (Å²) < 4.78 is 4.97. The SMILES string of the molecule is O=C(/C=C/c1nccs1)Oc1ccc([N+](=O)[O-])c(Cl)c1. The van der Waals surface area contributed by atoms with E-state index in [2.05, 4.69) is 4.98 Å². The molecule has 0 bridgehead atoms. The van der Waals surface area contributed by atoms with E-state index in [9.17, 15) is 14.9 Å². The Hall–Kier alpha value is -2.25. The molecular formula is C12H7ClN2O4S. The Balaban J connectivity index is 2.05. The molecule has 2 aromatic rings. The van der Waals surface area contributed by atoms with Crippen LogP contribution in [0.15, 0.2) is 35.9 Å². The Labute approximate surface area is 122 Å². The van der Waals surface area contributed by atoms with Crippen molar-refractivity contribution >= 4 is 40.7 Å². The largest absolute Gasteiger partial charge is 0.423 e. The Kier molecular flexibility index (Phi) is 4.44. The molecule has 1 heterocycles. The van der Waals surface area contributed by atoms with Crippen molar-refractivity contribution in [3.8, 4) is 5.75 Å². The number of aromatic nitrogens is 1. The molecule has 0 saturated heterocycles. The highest BCUT2D eigenvalue weighted by Gasteiger charge is 2.13. The van der Waals surface area contributed by atoms with Crippen molar-refractivity contribution in [3.05, 3.63) is 56.0 Å². The van der Waals surface area contributed by atoms with Gasteiger partial charge in [-0.25, -0.2) is 9.78 Å². The fourth-order valence-corrected chi connectivity index (χ4v) is 2.07. The highest BCUT2D eigenvalue weighted by molar-refractivity contribution is 7.10. The number of ether oxygens (including phenoxy) is 1. The molecule has 0 saturated carbocycles. The standard InChI is InChI=1S/C12H7ClN2O4S/c13-9-7-8(1-2-10(9)15(17)18)19-12(16)4-3-11-14-5-6-20-11/h1-7H/b4-3+. The van der Waals surface area contributed by atoms with Crippen LogP contribution in [0.25, 0.3) is 6.08 Å². The fraction of sp³-hybridized carbons (Fsp3) is 0. The number of carbonyl (C=O) groups excluding carboxylic acids is 1. The number of carbonyl (C=O) groups is 1. The summed E-state index contributed by atoms with van der Waals surface area (Å²) in [6.45, 7) is 0. The molecule has 0 aliphatic heterocycles. The molecule has 0 amide bonds. The van der Waals surface area contributed by atoms with Crippen LogP contribution in [0.4, 0.5) is 5.69 Å². The first-order valence-electron chi connectivity index (χ1n) is 5.29. The average molecular weight is 311 g/mol. The van der Waals surface area contributed by atoms with Crippen LogP contribution in [0.5, 0.6) is 5.75 Å². The first-order valence-corrected chi connectivity index (χ1v) is 6.55. The van der Waals surface area contributed by atoms with Crippen LogP contribution < -0.4 is 4.74 Å². The summed E-state index contributed by atoms with van der Waals surface area (Å²) in [5.74, 6) is -0.487. The first kappa shape index (κ1) is 14.2. The van der Waals surface area contributed by atoms with Gasteiger partial charge in [0.25, 0.3) is 5.69 Å². The molecular weight excluding hydrogens is 304 g/mol. The van der Waals surface area contributed by atoms with Crippen molar-refractivity contribution in [3.63, 3.8) is 0 Å². The zero-order chi connectivity index (χ0) is 14.5. The molecule has 102 valence electrons. The van der Waals surface area contributed by atoms with Crippen LogP contribution in [0.3, 0.4) is 0 Å². The lowest BCUT2D eigenvalue weighted by molar-refractivity contribution is -0.384. The van der Waals surface area contributed by atoms with Crippen LogP contribution in [0.2, 0.25) is 5.02 Å². The van der Waals surface area contributed by atoms with Gasteiger partial charge >= 0.3 is 5.97 Å². The van der Waals surface area contributed by atoms with E-state index in [0.29, 0.717) is 5.01 Å². The van der Waals surface area contributed by atoms with Crippen LogP contribution >= 0.6 is 22.9 Å². The van der Waals surface area contributed by atoms with Crippen LogP contribution in [0, 0.1) is 10.1 Å². The zero-order valence-corrected chi connectivity index (χ0v) is 11.4. The molecule has 0 atom stereocenters. The van der Waals surface area contributed by atoms with E-state index in [1.807, 2.05) is 0 Å². The van der Waals surface area contributed by atoms with Gasteiger partial charge in [-0.3, -0.25) is 10.1 Å². The van der Waals surface area contributed by atoms with E-state index in [1.54, 1.807) is 11.6 Å². The van der Waals surface area contributed by atoms with Crippen LogP contribution in [0.1, 0.15) is 5.01 Å². The molecule has 0 aliphatic rings. The molecule has 2 rings (SSSR count). The number of hydrogen-bond acceptors (Lipinski definition) is 6. The monoisotopic (exact) mass is 310 g/mol. The highest BCUT2D eigenvalue weighted by atomic mass is 35.5. The Morgan fingerprint density at radius 2 is 2.30 bits per heavy atom. The number of benzene rings is 1. The molecule has 8 heteroatoms. The molecule has 1 aromatic carbocycles. The second kappa shape index (κ2) is 6.27. The average Bonchev–Trinajstić information content (AvgIpc) is 2.89. The van der Waals surface area contributed by atoms with Gasteiger partial charge in [-0.05, 0) is 12.1 Å². The molecule has 0 fully saturated rings. The van der Waals surface area contributed by atoms with E-state index in [0.717, 1.165) is 0 Å². The number of nitrogens with zero attached hydrogens (tertiary/aromatic N) is 2. The summed E-state index contributed by atoms with van der Waals surface area (Å²) in [4.78, 5) is 25.5. The highest BCUT2D eigenvalue weighted by Crippen LogP contribution is 2.28. The Bertz CT molecular complexity index is 670. The van der Waals surface area contributed by atoms with Gasteiger partial charge < -0.3 is 4.74 Å². The lowest BCUT2D eigenvalue weighted by atomic mass is 10.3. The van der Waals surface area contributed by atoms with Gasteiger partial charge in [0.1, 0.15) is 15.8 Å². The van der Waals surface area contributed by atoms with Gasteiger partial charge in [0.2, 0.25) is 0 Å². The van der Waals surface area contributed by atoms with Crippen molar-refractivity contribution in [2.75, 3.05) is 0 Å². The van der Waals surface area contributed by atoms with Gasteiger partial charge in [-0.1, -0.05) is 11.6 Å². The number of esters is 1. The lowest BCUT2D eigenvalue weighted by Crippen LogP contribution is -2.03.